The Morgan fingerprint density at radius 3 is 2.79 bits per heavy atom. The van der Waals surface area contributed by atoms with E-state index in [1.165, 1.54) is 4.90 Å². The van der Waals surface area contributed by atoms with Gasteiger partial charge >= 0.3 is 5.97 Å². The van der Waals surface area contributed by atoms with Crippen LogP contribution in [0.5, 0.6) is 5.75 Å². The highest BCUT2D eigenvalue weighted by Crippen LogP contribution is 2.36. The Morgan fingerprint density at radius 2 is 2.08 bits per heavy atom. The number of nitrogens with two attached hydrogens (primary N) is 1. The van der Waals surface area contributed by atoms with E-state index in [2.05, 4.69) is 0 Å². The van der Waals surface area contributed by atoms with Crippen LogP contribution in [-0.2, 0) is 16.0 Å². The Bertz CT molecular complexity index is 803. The molecular weight excluding hydrogens is 308 g/mol. The molecule has 1 amide bonds. The average Bonchev–Trinajstić information content (AvgIpc) is 2.52. The molecule has 0 aromatic heterocycles. The van der Waals surface area contributed by atoms with Gasteiger partial charge in [0.1, 0.15) is 12.3 Å². The van der Waals surface area contributed by atoms with Gasteiger partial charge in [0.25, 0.3) is 5.91 Å². The Kier molecular flexibility index (Phi) is 4.12. The van der Waals surface area contributed by atoms with Crippen LogP contribution in [0.25, 0.3) is 0 Å². The summed E-state index contributed by atoms with van der Waals surface area (Å²) in [4.78, 5) is 25.1. The van der Waals surface area contributed by atoms with E-state index in [0.717, 1.165) is 11.1 Å². The monoisotopic (exact) mass is 326 g/mol. The van der Waals surface area contributed by atoms with Gasteiger partial charge in [-0.2, -0.15) is 0 Å². The predicted molar refractivity (Wildman–Crippen MR) is 90.1 cm³/mol. The molecule has 6 nitrogen and oxygen atoms in total. The summed E-state index contributed by atoms with van der Waals surface area (Å²) in [6.45, 7) is 1.55. The summed E-state index contributed by atoms with van der Waals surface area (Å²) in [6.07, 6.45) is -0.386. The van der Waals surface area contributed by atoms with Crippen LogP contribution >= 0.6 is 0 Å². The van der Waals surface area contributed by atoms with Crippen molar-refractivity contribution in [3.05, 3.63) is 53.6 Å². The lowest BCUT2D eigenvalue weighted by atomic mass is 10.0. The molecule has 1 unspecified atom stereocenters. The second kappa shape index (κ2) is 6.23. The Morgan fingerprint density at radius 1 is 1.29 bits per heavy atom. The summed E-state index contributed by atoms with van der Waals surface area (Å²) in [7, 11) is 0. The van der Waals surface area contributed by atoms with Gasteiger partial charge in [0.05, 0.1) is 5.69 Å². The van der Waals surface area contributed by atoms with Crippen molar-refractivity contribution in [2.24, 2.45) is 0 Å². The van der Waals surface area contributed by atoms with Crippen LogP contribution in [0.3, 0.4) is 0 Å². The van der Waals surface area contributed by atoms with Crippen LogP contribution in [0.4, 0.5) is 11.4 Å². The van der Waals surface area contributed by atoms with E-state index in [1.54, 1.807) is 18.2 Å². The number of anilines is 2. The molecule has 1 aliphatic rings. The van der Waals surface area contributed by atoms with Gasteiger partial charge in [-0.1, -0.05) is 29.8 Å². The van der Waals surface area contributed by atoms with Crippen LogP contribution in [0, 0.1) is 6.92 Å². The zero-order valence-electron chi connectivity index (χ0n) is 13.2. The fraction of sp³-hybridized carbons (Fsp3) is 0.222. The van der Waals surface area contributed by atoms with Crippen molar-refractivity contribution in [2.45, 2.75) is 19.4 Å². The summed E-state index contributed by atoms with van der Waals surface area (Å²) in [5.41, 5.74) is 8.64. The van der Waals surface area contributed by atoms with E-state index in [9.17, 15) is 9.59 Å². The van der Waals surface area contributed by atoms with Gasteiger partial charge in [0, 0.05) is 12.1 Å². The molecule has 6 heteroatoms. The van der Waals surface area contributed by atoms with Gasteiger partial charge in [-0.15, -0.1) is 0 Å². The average molecular weight is 326 g/mol. The summed E-state index contributed by atoms with van der Waals surface area (Å²) >= 11 is 0. The molecule has 0 radical (unpaired) electrons. The van der Waals surface area contributed by atoms with Crippen LogP contribution in [0.1, 0.15) is 11.1 Å². The molecule has 2 aromatic carbocycles. The number of carboxylic acid groups (broad SMARTS) is 1. The SMILES string of the molecule is Cc1cccc(CC2Oc3ccc(N)cc3N(CC(=O)O)C2=O)c1. The first-order valence-electron chi connectivity index (χ1n) is 7.59. The second-order valence-corrected chi connectivity index (χ2v) is 5.84. The standard InChI is InChI=1S/C18H18N2O4/c1-11-3-2-4-12(7-11)8-16-18(23)20(10-17(21)22)14-9-13(19)5-6-15(14)24-16/h2-7,9,16H,8,10,19H2,1H3,(H,21,22). The quantitative estimate of drug-likeness (QED) is 0.838. The number of hydrogen-bond acceptors (Lipinski definition) is 4. The van der Waals surface area contributed by atoms with Crippen molar-refractivity contribution in [3.8, 4) is 5.75 Å². The van der Waals surface area contributed by atoms with Crippen LogP contribution in [0.2, 0.25) is 0 Å². The molecule has 0 fully saturated rings. The van der Waals surface area contributed by atoms with Gasteiger partial charge in [0.15, 0.2) is 6.10 Å². The molecule has 3 rings (SSSR count). The van der Waals surface area contributed by atoms with Crippen molar-refractivity contribution in [1.82, 2.24) is 0 Å². The number of carboxylic acids is 1. The fourth-order valence-electron chi connectivity index (χ4n) is 2.82. The molecule has 1 atom stereocenters. The zero-order valence-corrected chi connectivity index (χ0v) is 13.2. The summed E-state index contributed by atoms with van der Waals surface area (Å²) in [5, 5.41) is 9.12. The number of ether oxygens (including phenoxy) is 1. The van der Waals surface area contributed by atoms with Crippen LogP contribution in [0.15, 0.2) is 42.5 Å². The fourth-order valence-corrected chi connectivity index (χ4v) is 2.82. The third-order valence-corrected chi connectivity index (χ3v) is 3.88. The molecule has 124 valence electrons. The number of nitrogens with zero attached hydrogens (tertiary/aromatic N) is 1. The number of rotatable bonds is 4. The minimum absolute atomic E-state index is 0.375. The van der Waals surface area contributed by atoms with E-state index in [0.29, 0.717) is 23.5 Å². The van der Waals surface area contributed by atoms with Gasteiger partial charge in [-0.25, -0.2) is 0 Å². The molecule has 0 bridgehead atoms. The molecule has 0 spiro atoms. The lowest BCUT2D eigenvalue weighted by Gasteiger charge is -2.33. The van der Waals surface area contributed by atoms with Crippen molar-refractivity contribution >= 4 is 23.3 Å². The zero-order chi connectivity index (χ0) is 17.3. The van der Waals surface area contributed by atoms with Gasteiger partial charge < -0.3 is 15.6 Å². The number of aryl methyl sites for hydroxylation is 1. The maximum absolute atomic E-state index is 12.7. The molecule has 1 heterocycles. The minimum Gasteiger partial charge on any atom is -0.480 e. The van der Waals surface area contributed by atoms with E-state index in [4.69, 9.17) is 15.6 Å². The van der Waals surface area contributed by atoms with Crippen LogP contribution in [-0.4, -0.2) is 29.6 Å². The van der Waals surface area contributed by atoms with E-state index in [1.807, 2.05) is 31.2 Å². The van der Waals surface area contributed by atoms with Crippen molar-refractivity contribution in [1.29, 1.82) is 0 Å². The van der Waals surface area contributed by atoms with E-state index >= 15 is 0 Å². The minimum atomic E-state index is -1.09. The maximum atomic E-state index is 12.7. The number of fused-ring (bicyclic) bond motifs is 1. The Labute approximate surface area is 139 Å². The molecule has 24 heavy (non-hydrogen) atoms. The van der Waals surface area contributed by atoms with E-state index < -0.39 is 18.6 Å². The highest BCUT2D eigenvalue weighted by molar-refractivity contribution is 6.03. The Hall–Kier alpha value is -3.02. The number of aliphatic carboxylic acids is 1. The summed E-state index contributed by atoms with van der Waals surface area (Å²) in [5.74, 6) is -1.01. The third-order valence-electron chi connectivity index (χ3n) is 3.88. The van der Waals surface area contributed by atoms with Crippen molar-refractivity contribution in [2.75, 3.05) is 17.2 Å². The van der Waals surface area contributed by atoms with Gasteiger partial charge in [-0.3, -0.25) is 14.5 Å². The first-order valence-corrected chi connectivity index (χ1v) is 7.59. The number of hydrogen-bond donors (Lipinski definition) is 2. The molecule has 0 saturated heterocycles. The predicted octanol–water partition coefficient (Wildman–Crippen LogP) is 2.00. The highest BCUT2D eigenvalue weighted by Gasteiger charge is 2.35. The number of nitrogen functional groups attached to an aromatic ring is 1. The molecular formula is C18H18N2O4. The number of carbonyl (C=O) groups excluding carboxylic acids is 1. The third kappa shape index (κ3) is 3.17. The van der Waals surface area contributed by atoms with Crippen molar-refractivity contribution in [3.63, 3.8) is 0 Å². The van der Waals surface area contributed by atoms with Gasteiger partial charge in [-0.05, 0) is 30.7 Å². The van der Waals surface area contributed by atoms with Crippen LogP contribution < -0.4 is 15.4 Å². The lowest BCUT2D eigenvalue weighted by Crippen LogP contribution is -2.48. The molecule has 1 aliphatic heterocycles. The smallest absolute Gasteiger partial charge is 0.323 e. The molecule has 2 aromatic rings. The largest absolute Gasteiger partial charge is 0.480 e. The topological polar surface area (TPSA) is 92.9 Å². The maximum Gasteiger partial charge on any atom is 0.323 e. The van der Waals surface area contributed by atoms with Gasteiger partial charge in [0.2, 0.25) is 0 Å². The Balaban J connectivity index is 1.94. The molecule has 0 saturated carbocycles. The van der Waals surface area contributed by atoms with Crippen molar-refractivity contribution < 1.29 is 19.4 Å². The molecule has 0 aliphatic carbocycles. The number of benzene rings is 2. The highest BCUT2D eigenvalue weighted by atomic mass is 16.5. The first kappa shape index (κ1) is 15.9. The summed E-state index contributed by atoms with van der Waals surface area (Å²) < 4.78 is 5.82. The van der Waals surface area contributed by atoms with E-state index in [-0.39, 0.29) is 5.91 Å². The first-order chi connectivity index (χ1) is 11.4. The second-order valence-electron chi connectivity index (χ2n) is 5.84. The summed E-state index contributed by atoms with van der Waals surface area (Å²) in [6, 6.07) is 12.7. The number of amides is 1. The normalized spacial score (nSPS) is 16.5. The number of carbonyl (C=O) groups is 2. The lowest BCUT2D eigenvalue weighted by molar-refractivity contribution is -0.137. The molecule has 3 N–H and O–H groups in total.